The van der Waals surface area contributed by atoms with Crippen LogP contribution in [0, 0.1) is 0 Å². The Morgan fingerprint density at radius 2 is 1.68 bits per heavy atom. The molecule has 0 aliphatic carbocycles. The summed E-state index contributed by atoms with van der Waals surface area (Å²) in [5.41, 5.74) is 1.65. The van der Waals surface area contributed by atoms with Crippen LogP contribution in [0.3, 0.4) is 0 Å². The Morgan fingerprint density at radius 1 is 1.04 bits per heavy atom. The van der Waals surface area contributed by atoms with Crippen molar-refractivity contribution in [1.29, 1.82) is 0 Å². The maximum atomic E-state index is 12.0. The highest BCUT2D eigenvalue weighted by atomic mass is 35.5. The van der Waals surface area contributed by atoms with E-state index in [9.17, 15) is 9.59 Å². The molecule has 2 N–H and O–H groups in total. The highest BCUT2D eigenvalue weighted by molar-refractivity contribution is 6.39. The minimum Gasteiger partial charge on any atom is -0.462 e. The number of ether oxygens (including phenoxy) is 1. The van der Waals surface area contributed by atoms with E-state index in [0.29, 0.717) is 40.1 Å². The first-order chi connectivity index (χ1) is 12.0. The molecule has 2 rings (SSSR count). The molecule has 25 heavy (non-hydrogen) atoms. The van der Waals surface area contributed by atoms with Gasteiger partial charge in [-0.1, -0.05) is 29.3 Å². The smallest absolute Gasteiger partial charge is 0.338 e. The molecule has 0 unspecified atom stereocenters. The number of hydrogen-bond donors (Lipinski definition) is 2. The maximum Gasteiger partial charge on any atom is 0.338 e. The van der Waals surface area contributed by atoms with E-state index < -0.39 is 0 Å². The molecule has 5 nitrogen and oxygen atoms in total. The van der Waals surface area contributed by atoms with Crippen molar-refractivity contribution in [3.05, 3.63) is 58.1 Å². The van der Waals surface area contributed by atoms with E-state index in [0.717, 1.165) is 0 Å². The van der Waals surface area contributed by atoms with E-state index in [1.165, 1.54) is 0 Å². The topological polar surface area (TPSA) is 67.4 Å². The first-order valence-corrected chi connectivity index (χ1v) is 8.51. The highest BCUT2D eigenvalue weighted by Crippen LogP contribution is 2.29. The van der Waals surface area contributed by atoms with Crippen molar-refractivity contribution < 1.29 is 14.3 Å². The average molecular weight is 381 g/mol. The lowest BCUT2D eigenvalue weighted by molar-refractivity contribution is -0.115. The zero-order chi connectivity index (χ0) is 18.2. The monoisotopic (exact) mass is 380 g/mol. The summed E-state index contributed by atoms with van der Waals surface area (Å²) in [5.74, 6) is -0.555. The van der Waals surface area contributed by atoms with Gasteiger partial charge in [0.05, 0.1) is 27.9 Å². The highest BCUT2D eigenvalue weighted by Gasteiger charge is 2.08. The van der Waals surface area contributed by atoms with Crippen LogP contribution in [-0.4, -0.2) is 25.0 Å². The van der Waals surface area contributed by atoms with Crippen LogP contribution in [0.5, 0.6) is 0 Å². The van der Waals surface area contributed by atoms with E-state index in [1.54, 1.807) is 49.4 Å². The number of esters is 1. The lowest BCUT2D eigenvalue weighted by Gasteiger charge is -2.10. The van der Waals surface area contributed by atoms with Crippen molar-refractivity contribution in [2.45, 2.75) is 13.3 Å². The van der Waals surface area contributed by atoms with E-state index in [-0.39, 0.29) is 18.3 Å². The summed E-state index contributed by atoms with van der Waals surface area (Å²) in [4.78, 5) is 23.6. The third kappa shape index (κ3) is 5.66. The van der Waals surface area contributed by atoms with Crippen molar-refractivity contribution >= 4 is 46.5 Å². The lowest BCUT2D eigenvalue weighted by atomic mass is 10.2. The Balaban J connectivity index is 1.83. The van der Waals surface area contributed by atoms with Crippen molar-refractivity contribution in [3.63, 3.8) is 0 Å². The molecule has 1 amide bonds. The summed E-state index contributed by atoms with van der Waals surface area (Å²) in [7, 11) is 0. The second-order valence-corrected chi connectivity index (χ2v) is 5.93. The number of amides is 1. The van der Waals surface area contributed by atoms with Gasteiger partial charge in [0.15, 0.2) is 0 Å². The average Bonchev–Trinajstić information content (AvgIpc) is 2.58. The van der Waals surface area contributed by atoms with Crippen molar-refractivity contribution in [2.24, 2.45) is 0 Å². The van der Waals surface area contributed by atoms with Gasteiger partial charge in [-0.05, 0) is 43.3 Å². The number of benzene rings is 2. The normalized spacial score (nSPS) is 10.2. The quantitative estimate of drug-likeness (QED) is 0.688. The summed E-state index contributed by atoms with van der Waals surface area (Å²) in [6.07, 6.45) is 0.237. The Hall–Kier alpha value is -2.24. The first-order valence-electron chi connectivity index (χ1n) is 7.76. The molecule has 0 saturated carbocycles. The van der Waals surface area contributed by atoms with Gasteiger partial charge in [0, 0.05) is 18.7 Å². The van der Waals surface area contributed by atoms with Crippen LogP contribution in [0.4, 0.5) is 11.4 Å². The number of nitrogens with one attached hydrogen (secondary N) is 2. The van der Waals surface area contributed by atoms with E-state index >= 15 is 0 Å². The number of anilines is 2. The van der Waals surface area contributed by atoms with Gasteiger partial charge in [-0.3, -0.25) is 4.79 Å². The molecule has 2 aromatic rings. The molecule has 0 saturated heterocycles. The fourth-order valence-electron chi connectivity index (χ4n) is 2.10. The van der Waals surface area contributed by atoms with Crippen LogP contribution in [0.2, 0.25) is 10.0 Å². The molecule has 0 aliphatic rings. The van der Waals surface area contributed by atoms with Crippen LogP contribution in [-0.2, 0) is 9.53 Å². The minimum absolute atomic E-state index is 0.167. The van der Waals surface area contributed by atoms with Gasteiger partial charge in [-0.2, -0.15) is 0 Å². The van der Waals surface area contributed by atoms with Gasteiger partial charge < -0.3 is 15.4 Å². The minimum atomic E-state index is -0.388. The molecule has 7 heteroatoms. The number of carbonyl (C=O) groups is 2. The number of halogens is 2. The molecule has 0 bridgehead atoms. The number of hydrogen-bond acceptors (Lipinski definition) is 4. The molecule has 0 aliphatic heterocycles. The van der Waals surface area contributed by atoms with Crippen molar-refractivity contribution in [1.82, 2.24) is 0 Å². The summed E-state index contributed by atoms with van der Waals surface area (Å²) in [6, 6.07) is 11.7. The van der Waals surface area contributed by atoms with Crippen molar-refractivity contribution in [3.8, 4) is 0 Å². The molecule has 0 spiro atoms. The Morgan fingerprint density at radius 3 is 2.28 bits per heavy atom. The Bertz CT molecular complexity index is 728. The van der Waals surface area contributed by atoms with Crippen molar-refractivity contribution in [2.75, 3.05) is 23.8 Å². The fraction of sp³-hybridized carbons (Fsp3) is 0.222. The molecule has 0 aromatic heterocycles. The fourth-order valence-corrected chi connectivity index (χ4v) is 2.63. The van der Waals surface area contributed by atoms with Crippen LogP contribution >= 0.6 is 23.2 Å². The SMILES string of the molecule is CCOC(=O)c1ccc(NC(=O)CCNc2c(Cl)cccc2Cl)cc1. The van der Waals surface area contributed by atoms with E-state index in [4.69, 9.17) is 27.9 Å². The standard InChI is InChI=1S/C18H18Cl2N2O3/c1-2-25-18(24)12-6-8-13(9-7-12)22-16(23)10-11-21-17-14(19)4-3-5-15(17)20/h3-9,21H,2,10-11H2,1H3,(H,22,23). The molecular formula is C18H18Cl2N2O3. The third-order valence-corrected chi connectivity index (χ3v) is 3.93. The molecule has 0 atom stereocenters. The zero-order valence-electron chi connectivity index (χ0n) is 13.6. The van der Waals surface area contributed by atoms with Gasteiger partial charge in [0.2, 0.25) is 5.91 Å². The predicted octanol–water partition coefficient (Wildman–Crippen LogP) is 4.61. The Kier molecular flexibility index (Phi) is 7.10. The van der Waals surface area contributed by atoms with Gasteiger partial charge in [-0.25, -0.2) is 4.79 Å². The molecular weight excluding hydrogens is 363 g/mol. The summed E-state index contributed by atoms with van der Waals surface area (Å²) < 4.78 is 4.91. The maximum absolute atomic E-state index is 12.0. The van der Waals surface area contributed by atoms with E-state index in [2.05, 4.69) is 10.6 Å². The lowest BCUT2D eigenvalue weighted by Crippen LogP contribution is -2.16. The second kappa shape index (κ2) is 9.30. The molecule has 0 fully saturated rings. The largest absolute Gasteiger partial charge is 0.462 e. The predicted molar refractivity (Wildman–Crippen MR) is 101 cm³/mol. The second-order valence-electron chi connectivity index (χ2n) is 5.12. The first kappa shape index (κ1) is 19.1. The molecule has 0 heterocycles. The van der Waals surface area contributed by atoms with Crippen LogP contribution < -0.4 is 10.6 Å². The zero-order valence-corrected chi connectivity index (χ0v) is 15.2. The number of rotatable bonds is 7. The van der Waals surface area contributed by atoms with E-state index in [1.807, 2.05) is 0 Å². The van der Waals surface area contributed by atoms with Gasteiger partial charge >= 0.3 is 5.97 Å². The summed E-state index contributed by atoms with van der Waals surface area (Å²) in [5, 5.41) is 6.81. The van der Waals surface area contributed by atoms with Gasteiger partial charge in [0.1, 0.15) is 0 Å². The van der Waals surface area contributed by atoms with Gasteiger partial charge in [-0.15, -0.1) is 0 Å². The summed E-state index contributed by atoms with van der Waals surface area (Å²) in [6.45, 7) is 2.45. The Labute approximate surface area is 156 Å². The van der Waals surface area contributed by atoms with Crippen LogP contribution in [0.15, 0.2) is 42.5 Å². The van der Waals surface area contributed by atoms with Crippen LogP contribution in [0.25, 0.3) is 0 Å². The molecule has 132 valence electrons. The number of para-hydroxylation sites is 1. The summed E-state index contributed by atoms with van der Waals surface area (Å²) >= 11 is 12.1. The third-order valence-electron chi connectivity index (χ3n) is 3.30. The van der Waals surface area contributed by atoms with Gasteiger partial charge in [0.25, 0.3) is 0 Å². The molecule has 2 aromatic carbocycles. The van der Waals surface area contributed by atoms with Crippen LogP contribution in [0.1, 0.15) is 23.7 Å². The molecule has 0 radical (unpaired) electrons. The number of carbonyl (C=O) groups excluding carboxylic acids is 2.